The van der Waals surface area contributed by atoms with Crippen molar-refractivity contribution in [2.75, 3.05) is 24.6 Å². The van der Waals surface area contributed by atoms with E-state index in [-0.39, 0.29) is 24.8 Å². The monoisotopic (exact) mass is 353 g/mol. The number of carbonyl (C=O) groups excluding carboxylic acids is 3. The quantitative estimate of drug-likeness (QED) is 0.496. The average Bonchev–Trinajstić information content (AvgIpc) is 2.58. The Kier molecular flexibility index (Phi) is 8.99. The first kappa shape index (κ1) is 20.4. The van der Waals surface area contributed by atoms with Crippen LogP contribution in [0.25, 0.3) is 0 Å². The van der Waals surface area contributed by atoms with Crippen molar-refractivity contribution < 1.29 is 23.5 Å². The normalized spacial score (nSPS) is 10.2. The fourth-order valence-electron chi connectivity index (χ4n) is 2.20. The van der Waals surface area contributed by atoms with E-state index in [9.17, 15) is 18.8 Å². The number of rotatable bonds is 10. The highest BCUT2D eigenvalue weighted by atomic mass is 19.1. The van der Waals surface area contributed by atoms with Crippen LogP contribution in [-0.2, 0) is 14.3 Å². The number of likely N-dealkylation sites (N-methyl/N-ethyl adjacent to an activating group) is 1. The molecular weight excluding hydrogens is 329 g/mol. The number of ether oxygens (including phenoxy) is 1. The third-order valence-electron chi connectivity index (χ3n) is 3.47. The zero-order valence-electron chi connectivity index (χ0n) is 14.3. The lowest BCUT2D eigenvalue weighted by Gasteiger charge is -2.20. The second kappa shape index (κ2) is 11.0. The molecule has 0 aliphatic carbocycles. The first-order valence-electron chi connectivity index (χ1n) is 8.19. The third kappa shape index (κ3) is 8.14. The number of nitrogens with one attached hydrogen (secondary N) is 1. The lowest BCUT2D eigenvalue weighted by atomic mass is 10.2. The topological polar surface area (TPSA) is 102 Å². The molecule has 1 aromatic rings. The smallest absolute Gasteiger partial charge is 0.312 e. The van der Waals surface area contributed by atoms with E-state index < -0.39 is 12.0 Å². The van der Waals surface area contributed by atoms with E-state index in [1.165, 1.54) is 29.2 Å². The number of halogens is 1. The summed E-state index contributed by atoms with van der Waals surface area (Å²) >= 11 is 0. The van der Waals surface area contributed by atoms with Gasteiger partial charge in [0.1, 0.15) is 5.82 Å². The van der Waals surface area contributed by atoms with E-state index in [2.05, 4.69) is 5.32 Å². The number of amides is 3. The van der Waals surface area contributed by atoms with Crippen LogP contribution >= 0.6 is 0 Å². The maximum absolute atomic E-state index is 12.9. The largest absolute Gasteiger partial charge is 0.456 e. The lowest BCUT2D eigenvalue weighted by molar-refractivity contribution is -0.147. The highest BCUT2D eigenvalue weighted by Gasteiger charge is 2.16. The fraction of sp³-hybridized carbons (Fsp3) is 0.471. The number of anilines is 1. The molecule has 0 atom stereocenters. The number of nitrogens with zero attached hydrogens (tertiary/aromatic N) is 1. The Hall–Kier alpha value is -2.64. The number of benzene rings is 1. The molecule has 25 heavy (non-hydrogen) atoms. The zero-order valence-corrected chi connectivity index (χ0v) is 14.3. The van der Waals surface area contributed by atoms with Gasteiger partial charge in [0.05, 0.1) is 0 Å². The number of esters is 1. The molecule has 3 amide bonds. The summed E-state index contributed by atoms with van der Waals surface area (Å²) in [5.74, 6) is -1.20. The summed E-state index contributed by atoms with van der Waals surface area (Å²) in [6.07, 6.45) is 2.25. The van der Waals surface area contributed by atoms with Crippen LogP contribution in [-0.4, -0.2) is 37.6 Å². The summed E-state index contributed by atoms with van der Waals surface area (Å²) in [6.45, 7) is 2.28. The molecule has 0 aliphatic rings. The Morgan fingerprint density at radius 2 is 1.84 bits per heavy atom. The van der Waals surface area contributed by atoms with Crippen LogP contribution in [0.4, 0.5) is 14.9 Å². The lowest BCUT2D eigenvalue weighted by Crippen LogP contribution is -2.34. The van der Waals surface area contributed by atoms with Crippen molar-refractivity contribution in [3.63, 3.8) is 0 Å². The van der Waals surface area contributed by atoms with Gasteiger partial charge in [-0.3, -0.25) is 9.59 Å². The summed E-state index contributed by atoms with van der Waals surface area (Å²) in [6, 6.07) is 4.96. The molecular formula is C17H24FN3O4. The molecule has 0 aromatic heterocycles. The number of urea groups is 1. The van der Waals surface area contributed by atoms with Crippen molar-refractivity contribution in [3.05, 3.63) is 30.1 Å². The molecule has 0 radical (unpaired) electrons. The third-order valence-corrected chi connectivity index (χ3v) is 3.47. The molecule has 0 saturated heterocycles. The Morgan fingerprint density at radius 1 is 1.16 bits per heavy atom. The van der Waals surface area contributed by atoms with Gasteiger partial charge in [-0.25, -0.2) is 9.18 Å². The predicted octanol–water partition coefficient (Wildman–Crippen LogP) is 1.95. The van der Waals surface area contributed by atoms with Gasteiger partial charge in [-0.15, -0.1) is 0 Å². The van der Waals surface area contributed by atoms with Crippen molar-refractivity contribution in [1.29, 1.82) is 0 Å². The maximum atomic E-state index is 12.9. The minimum absolute atomic E-state index is 0.201. The van der Waals surface area contributed by atoms with E-state index in [1.807, 2.05) is 0 Å². The van der Waals surface area contributed by atoms with Crippen LogP contribution < -0.4 is 16.0 Å². The van der Waals surface area contributed by atoms with Crippen molar-refractivity contribution in [1.82, 2.24) is 5.32 Å². The van der Waals surface area contributed by atoms with Gasteiger partial charge in [0.25, 0.3) is 5.91 Å². The van der Waals surface area contributed by atoms with Crippen molar-refractivity contribution in [2.45, 2.75) is 32.6 Å². The van der Waals surface area contributed by atoms with Gasteiger partial charge < -0.3 is 20.7 Å². The van der Waals surface area contributed by atoms with Crippen LogP contribution in [0.1, 0.15) is 32.6 Å². The van der Waals surface area contributed by atoms with Crippen molar-refractivity contribution in [2.24, 2.45) is 5.73 Å². The molecule has 1 rings (SSSR count). The van der Waals surface area contributed by atoms with Crippen LogP contribution in [0, 0.1) is 5.82 Å². The molecule has 0 fully saturated rings. The van der Waals surface area contributed by atoms with Crippen LogP contribution in [0.3, 0.4) is 0 Å². The summed E-state index contributed by atoms with van der Waals surface area (Å²) in [7, 11) is 0. The molecule has 7 nitrogen and oxygen atoms in total. The van der Waals surface area contributed by atoms with E-state index in [4.69, 9.17) is 10.5 Å². The van der Waals surface area contributed by atoms with Gasteiger partial charge in [-0.1, -0.05) is 6.42 Å². The van der Waals surface area contributed by atoms with Crippen LogP contribution in [0.2, 0.25) is 0 Å². The Morgan fingerprint density at radius 3 is 2.44 bits per heavy atom. The molecule has 0 unspecified atom stereocenters. The molecule has 1 aromatic carbocycles. The second-order valence-corrected chi connectivity index (χ2v) is 5.38. The molecule has 0 aliphatic heterocycles. The van der Waals surface area contributed by atoms with Gasteiger partial charge in [0.2, 0.25) is 0 Å². The van der Waals surface area contributed by atoms with Gasteiger partial charge in [0, 0.05) is 25.2 Å². The number of primary amides is 1. The number of nitrogens with two attached hydrogens (primary N) is 1. The van der Waals surface area contributed by atoms with Crippen molar-refractivity contribution in [3.8, 4) is 0 Å². The number of unbranched alkanes of at least 4 members (excludes halogenated alkanes) is 2. The molecule has 8 heteroatoms. The fourth-order valence-corrected chi connectivity index (χ4v) is 2.20. The minimum atomic E-state index is -0.570. The van der Waals surface area contributed by atoms with E-state index in [1.54, 1.807) is 6.92 Å². The summed E-state index contributed by atoms with van der Waals surface area (Å²) in [4.78, 5) is 35.7. The average molecular weight is 353 g/mol. The Bertz CT molecular complexity index is 578. The number of hydrogen-bond donors (Lipinski definition) is 2. The van der Waals surface area contributed by atoms with E-state index in [0.29, 0.717) is 31.6 Å². The molecule has 138 valence electrons. The Labute approximate surface area is 146 Å². The van der Waals surface area contributed by atoms with Gasteiger partial charge in [-0.2, -0.15) is 0 Å². The van der Waals surface area contributed by atoms with Crippen LogP contribution in [0.5, 0.6) is 0 Å². The van der Waals surface area contributed by atoms with Gasteiger partial charge in [-0.05, 0) is 44.0 Å². The molecule has 3 N–H and O–H groups in total. The van der Waals surface area contributed by atoms with E-state index >= 15 is 0 Å². The molecule has 0 spiro atoms. The van der Waals surface area contributed by atoms with Gasteiger partial charge in [0.15, 0.2) is 6.61 Å². The molecule has 0 saturated carbocycles. The predicted molar refractivity (Wildman–Crippen MR) is 91.4 cm³/mol. The highest BCUT2D eigenvalue weighted by molar-refractivity contribution is 5.95. The Balaban J connectivity index is 2.28. The first-order chi connectivity index (χ1) is 11.9. The molecule has 0 heterocycles. The first-order valence-corrected chi connectivity index (χ1v) is 8.19. The standard InChI is InChI=1S/C17H24FN3O4/c1-2-21(14-9-7-13(18)8-10-14)15(22)12-25-16(23)6-4-3-5-11-20-17(19)24/h7-10H,2-6,11-12H2,1H3,(H3,19,20,24). The second-order valence-electron chi connectivity index (χ2n) is 5.38. The molecule has 0 bridgehead atoms. The van der Waals surface area contributed by atoms with Gasteiger partial charge >= 0.3 is 12.0 Å². The minimum Gasteiger partial charge on any atom is -0.456 e. The number of carbonyl (C=O) groups is 3. The zero-order chi connectivity index (χ0) is 18.7. The summed E-state index contributed by atoms with van der Waals surface area (Å²) in [5, 5.41) is 2.46. The van der Waals surface area contributed by atoms with Crippen molar-refractivity contribution >= 4 is 23.6 Å². The maximum Gasteiger partial charge on any atom is 0.312 e. The highest BCUT2D eigenvalue weighted by Crippen LogP contribution is 2.15. The SMILES string of the molecule is CCN(C(=O)COC(=O)CCCCCNC(N)=O)c1ccc(F)cc1. The van der Waals surface area contributed by atoms with E-state index in [0.717, 1.165) is 6.42 Å². The number of hydrogen-bond acceptors (Lipinski definition) is 4. The summed E-state index contributed by atoms with van der Waals surface area (Å²) in [5.41, 5.74) is 5.48. The van der Waals surface area contributed by atoms with Crippen LogP contribution in [0.15, 0.2) is 24.3 Å². The summed E-state index contributed by atoms with van der Waals surface area (Å²) < 4.78 is 17.9.